The molecule has 6 heteroatoms. The fourth-order valence-corrected chi connectivity index (χ4v) is 2.64. The summed E-state index contributed by atoms with van der Waals surface area (Å²) in [5.74, 6) is -0.929. The maximum Gasteiger partial charge on any atom is 0.340 e. The summed E-state index contributed by atoms with van der Waals surface area (Å²) >= 11 is 5.93. The zero-order chi connectivity index (χ0) is 15.2. The molecule has 3 N–H and O–H groups in total. The minimum atomic E-state index is -0.647. The molecule has 1 aromatic rings. The van der Waals surface area contributed by atoms with Gasteiger partial charge in [0.15, 0.2) is 6.61 Å². The molecule has 0 aliphatic heterocycles. The van der Waals surface area contributed by atoms with Crippen molar-refractivity contribution in [3.05, 3.63) is 28.8 Å². The molecule has 0 heterocycles. The van der Waals surface area contributed by atoms with Crippen molar-refractivity contribution >= 4 is 29.2 Å². The molecule has 0 bridgehead atoms. The number of rotatable bonds is 4. The van der Waals surface area contributed by atoms with Crippen molar-refractivity contribution in [2.24, 2.45) is 0 Å². The Balaban J connectivity index is 1.83. The third kappa shape index (κ3) is 4.36. The molecule has 1 saturated carbocycles. The molecule has 0 spiro atoms. The Morgan fingerprint density at radius 2 is 2.00 bits per heavy atom. The van der Waals surface area contributed by atoms with Crippen molar-refractivity contribution in [1.82, 2.24) is 5.32 Å². The average Bonchev–Trinajstić information content (AvgIpc) is 2.48. The Morgan fingerprint density at radius 3 is 2.71 bits per heavy atom. The van der Waals surface area contributed by atoms with Crippen LogP contribution >= 0.6 is 11.6 Å². The summed E-state index contributed by atoms with van der Waals surface area (Å²) in [7, 11) is 0. The Kier molecular flexibility index (Phi) is 5.44. The number of amides is 1. The van der Waals surface area contributed by atoms with Crippen LogP contribution in [0, 0.1) is 0 Å². The molecule has 0 unspecified atom stereocenters. The van der Waals surface area contributed by atoms with Gasteiger partial charge in [-0.15, -0.1) is 0 Å². The van der Waals surface area contributed by atoms with E-state index in [-0.39, 0.29) is 29.1 Å². The monoisotopic (exact) mass is 310 g/mol. The van der Waals surface area contributed by atoms with Gasteiger partial charge in [0.05, 0.1) is 16.3 Å². The summed E-state index contributed by atoms with van der Waals surface area (Å²) in [6.07, 6.45) is 5.45. The van der Waals surface area contributed by atoms with Crippen molar-refractivity contribution in [3.8, 4) is 0 Å². The first-order chi connectivity index (χ1) is 10.1. The van der Waals surface area contributed by atoms with Gasteiger partial charge in [-0.2, -0.15) is 0 Å². The van der Waals surface area contributed by atoms with Gasteiger partial charge < -0.3 is 15.8 Å². The van der Waals surface area contributed by atoms with Crippen molar-refractivity contribution in [3.63, 3.8) is 0 Å². The first-order valence-electron chi connectivity index (χ1n) is 7.08. The van der Waals surface area contributed by atoms with Gasteiger partial charge in [-0.05, 0) is 25.0 Å². The van der Waals surface area contributed by atoms with E-state index < -0.39 is 5.97 Å². The molecule has 2 rings (SSSR count). The number of hydrogen-bond acceptors (Lipinski definition) is 4. The lowest BCUT2D eigenvalue weighted by Gasteiger charge is -2.22. The highest BCUT2D eigenvalue weighted by molar-refractivity contribution is 6.36. The predicted molar refractivity (Wildman–Crippen MR) is 81.2 cm³/mol. The van der Waals surface area contributed by atoms with Crippen LogP contribution in [0.15, 0.2) is 18.2 Å². The fraction of sp³-hybridized carbons (Fsp3) is 0.467. The SMILES string of the molecule is Nc1cccc(C(=O)OCC(=O)NC2CCCCC2)c1Cl. The quantitative estimate of drug-likeness (QED) is 0.661. The fourth-order valence-electron chi connectivity index (χ4n) is 2.43. The van der Waals surface area contributed by atoms with E-state index in [0.717, 1.165) is 25.7 Å². The largest absolute Gasteiger partial charge is 0.452 e. The molecule has 1 aromatic carbocycles. The van der Waals surface area contributed by atoms with Gasteiger partial charge in [-0.1, -0.05) is 36.9 Å². The lowest BCUT2D eigenvalue weighted by Crippen LogP contribution is -2.38. The number of benzene rings is 1. The van der Waals surface area contributed by atoms with Crippen LogP contribution < -0.4 is 11.1 Å². The summed E-state index contributed by atoms with van der Waals surface area (Å²) in [6.45, 7) is -0.305. The number of nitrogens with two attached hydrogens (primary N) is 1. The van der Waals surface area contributed by atoms with E-state index in [0.29, 0.717) is 5.69 Å². The van der Waals surface area contributed by atoms with E-state index in [9.17, 15) is 9.59 Å². The molecule has 1 amide bonds. The Morgan fingerprint density at radius 1 is 1.29 bits per heavy atom. The van der Waals surface area contributed by atoms with Crippen LogP contribution in [0.2, 0.25) is 5.02 Å². The van der Waals surface area contributed by atoms with Gasteiger partial charge in [0.25, 0.3) is 5.91 Å². The van der Waals surface area contributed by atoms with Crippen LogP contribution in [0.4, 0.5) is 5.69 Å². The van der Waals surface area contributed by atoms with Gasteiger partial charge in [0.2, 0.25) is 0 Å². The lowest BCUT2D eigenvalue weighted by atomic mass is 9.95. The predicted octanol–water partition coefficient (Wildman–Crippen LogP) is 2.53. The first-order valence-corrected chi connectivity index (χ1v) is 7.46. The van der Waals surface area contributed by atoms with Crippen molar-refractivity contribution in [2.75, 3.05) is 12.3 Å². The van der Waals surface area contributed by atoms with E-state index in [1.807, 2.05) is 0 Å². The van der Waals surface area contributed by atoms with Crippen molar-refractivity contribution < 1.29 is 14.3 Å². The Labute approximate surface area is 128 Å². The third-order valence-electron chi connectivity index (χ3n) is 3.55. The van der Waals surface area contributed by atoms with E-state index in [1.165, 1.54) is 12.5 Å². The maximum atomic E-state index is 11.9. The molecule has 21 heavy (non-hydrogen) atoms. The number of nitrogen functional groups attached to an aromatic ring is 1. The van der Waals surface area contributed by atoms with Gasteiger partial charge >= 0.3 is 5.97 Å². The number of nitrogens with one attached hydrogen (secondary N) is 1. The van der Waals surface area contributed by atoms with Crippen LogP contribution in [-0.4, -0.2) is 24.5 Å². The first kappa shape index (κ1) is 15.6. The number of esters is 1. The van der Waals surface area contributed by atoms with Crippen molar-refractivity contribution in [2.45, 2.75) is 38.1 Å². The number of carbonyl (C=O) groups is 2. The van der Waals surface area contributed by atoms with E-state index in [4.69, 9.17) is 22.1 Å². The second kappa shape index (κ2) is 7.31. The summed E-state index contributed by atoms with van der Waals surface area (Å²) in [4.78, 5) is 23.6. The number of hydrogen-bond donors (Lipinski definition) is 2. The highest BCUT2D eigenvalue weighted by Gasteiger charge is 2.18. The zero-order valence-electron chi connectivity index (χ0n) is 11.7. The highest BCUT2D eigenvalue weighted by atomic mass is 35.5. The molecule has 0 aromatic heterocycles. The summed E-state index contributed by atoms with van der Waals surface area (Å²) in [5.41, 5.74) is 6.09. The van der Waals surface area contributed by atoms with Gasteiger partial charge in [0.1, 0.15) is 0 Å². The van der Waals surface area contributed by atoms with Gasteiger partial charge in [0, 0.05) is 6.04 Å². The van der Waals surface area contributed by atoms with Crippen LogP contribution in [-0.2, 0) is 9.53 Å². The lowest BCUT2D eigenvalue weighted by molar-refractivity contribution is -0.125. The minimum Gasteiger partial charge on any atom is -0.452 e. The smallest absolute Gasteiger partial charge is 0.340 e. The van der Waals surface area contributed by atoms with Crippen LogP contribution in [0.5, 0.6) is 0 Å². The molecular formula is C15H19ClN2O3. The standard InChI is InChI=1S/C15H19ClN2O3/c16-14-11(7-4-8-12(14)17)15(20)21-9-13(19)18-10-5-2-1-3-6-10/h4,7-8,10H,1-3,5-6,9,17H2,(H,18,19). The zero-order valence-corrected chi connectivity index (χ0v) is 12.5. The van der Waals surface area contributed by atoms with Gasteiger partial charge in [-0.3, -0.25) is 4.79 Å². The summed E-state index contributed by atoms with van der Waals surface area (Å²) < 4.78 is 4.98. The molecule has 0 saturated heterocycles. The van der Waals surface area contributed by atoms with Crippen LogP contribution in [0.1, 0.15) is 42.5 Å². The third-order valence-corrected chi connectivity index (χ3v) is 3.97. The highest BCUT2D eigenvalue weighted by Crippen LogP contribution is 2.23. The minimum absolute atomic E-state index is 0.148. The van der Waals surface area contributed by atoms with E-state index in [1.54, 1.807) is 12.1 Å². The summed E-state index contributed by atoms with van der Waals surface area (Å²) in [6, 6.07) is 4.91. The number of halogens is 1. The molecule has 1 aliphatic rings. The summed E-state index contributed by atoms with van der Waals surface area (Å²) in [5, 5.41) is 3.03. The Hall–Kier alpha value is -1.75. The van der Waals surface area contributed by atoms with E-state index >= 15 is 0 Å². The number of carbonyl (C=O) groups excluding carboxylic acids is 2. The molecule has 1 aliphatic carbocycles. The van der Waals surface area contributed by atoms with Crippen LogP contribution in [0.25, 0.3) is 0 Å². The molecule has 0 atom stereocenters. The Bertz CT molecular complexity index is 528. The normalized spacial score (nSPS) is 15.5. The molecule has 0 radical (unpaired) electrons. The van der Waals surface area contributed by atoms with Gasteiger partial charge in [-0.25, -0.2) is 4.79 Å². The van der Waals surface area contributed by atoms with Crippen molar-refractivity contribution in [1.29, 1.82) is 0 Å². The number of ether oxygens (including phenoxy) is 1. The maximum absolute atomic E-state index is 11.9. The second-order valence-corrected chi connectivity index (χ2v) is 5.57. The molecule has 5 nitrogen and oxygen atoms in total. The molecular weight excluding hydrogens is 292 g/mol. The topological polar surface area (TPSA) is 81.4 Å². The molecule has 1 fully saturated rings. The van der Waals surface area contributed by atoms with E-state index in [2.05, 4.69) is 5.32 Å². The number of anilines is 1. The second-order valence-electron chi connectivity index (χ2n) is 5.19. The van der Waals surface area contributed by atoms with Crippen LogP contribution in [0.3, 0.4) is 0 Å². The average molecular weight is 311 g/mol. The molecule has 114 valence electrons.